The van der Waals surface area contributed by atoms with E-state index in [1.807, 2.05) is 0 Å². The van der Waals surface area contributed by atoms with Crippen LogP contribution in [0.15, 0.2) is 0 Å². The highest BCUT2D eigenvalue weighted by molar-refractivity contribution is 6.20. The smallest absolute Gasteiger partial charge is 0.0547 e. The lowest BCUT2D eigenvalue weighted by Gasteiger charge is -2.44. The molecule has 0 aromatic rings. The van der Waals surface area contributed by atoms with Gasteiger partial charge in [-0.05, 0) is 56.8 Å². The minimum absolute atomic E-state index is 0.173. The first-order chi connectivity index (χ1) is 11.5. The van der Waals surface area contributed by atoms with Gasteiger partial charge in [0.15, 0.2) is 0 Å². The zero-order valence-corrected chi connectivity index (χ0v) is 17.4. The molecule has 1 saturated carbocycles. The number of ether oxygens (including phenoxy) is 2. The Balaban J connectivity index is 2.75. The van der Waals surface area contributed by atoms with Gasteiger partial charge in [-0.2, -0.15) is 0 Å². The van der Waals surface area contributed by atoms with Crippen molar-refractivity contribution in [2.45, 2.75) is 90.9 Å². The lowest BCUT2D eigenvalue weighted by atomic mass is 9.65. The van der Waals surface area contributed by atoms with Crippen molar-refractivity contribution in [3.63, 3.8) is 0 Å². The van der Waals surface area contributed by atoms with Crippen molar-refractivity contribution in [3.8, 4) is 0 Å². The molecule has 0 aliphatic heterocycles. The average molecular weight is 361 g/mol. The summed E-state index contributed by atoms with van der Waals surface area (Å²) in [5.41, 5.74) is 0.173. The first kappa shape index (κ1) is 22.3. The normalized spacial score (nSPS) is 22.2. The van der Waals surface area contributed by atoms with E-state index in [-0.39, 0.29) is 5.41 Å². The summed E-state index contributed by atoms with van der Waals surface area (Å²) < 4.78 is 12.3. The van der Waals surface area contributed by atoms with Crippen LogP contribution < -0.4 is 0 Å². The van der Waals surface area contributed by atoms with Gasteiger partial charge in [0.2, 0.25) is 0 Å². The Labute approximate surface area is 156 Å². The van der Waals surface area contributed by atoms with Gasteiger partial charge in [-0.1, -0.05) is 40.5 Å². The van der Waals surface area contributed by atoms with Crippen molar-refractivity contribution < 1.29 is 9.47 Å². The summed E-state index contributed by atoms with van der Waals surface area (Å²) in [6, 6.07) is 0. The van der Waals surface area contributed by atoms with E-state index in [4.69, 9.17) is 21.1 Å². The second kappa shape index (κ2) is 12.5. The first-order valence-electron chi connectivity index (χ1n) is 10.3. The summed E-state index contributed by atoms with van der Waals surface area (Å²) >= 11 is 6.37. The topological polar surface area (TPSA) is 18.5 Å². The van der Waals surface area contributed by atoms with E-state index >= 15 is 0 Å². The zero-order chi connectivity index (χ0) is 17.8. The molecule has 0 heterocycles. The molecule has 1 fully saturated rings. The van der Waals surface area contributed by atoms with E-state index in [2.05, 4.69) is 27.7 Å². The van der Waals surface area contributed by atoms with Crippen molar-refractivity contribution in [1.82, 2.24) is 0 Å². The number of hydrogen-bond acceptors (Lipinski definition) is 2. The minimum atomic E-state index is 0.173. The van der Waals surface area contributed by atoms with Crippen LogP contribution in [0.4, 0.5) is 0 Å². The molecule has 0 aromatic carbocycles. The first-order valence-corrected chi connectivity index (χ1v) is 10.8. The molecule has 1 aliphatic carbocycles. The van der Waals surface area contributed by atoms with E-state index in [1.165, 1.54) is 32.1 Å². The third-order valence-corrected chi connectivity index (χ3v) is 5.84. The summed E-state index contributed by atoms with van der Waals surface area (Å²) in [6.45, 7) is 12.6. The molecule has 0 bridgehead atoms. The highest BCUT2D eigenvalue weighted by atomic mass is 35.5. The second-order valence-electron chi connectivity index (χ2n) is 8.22. The van der Waals surface area contributed by atoms with E-state index in [1.54, 1.807) is 0 Å². The Bertz CT molecular complexity index is 286. The van der Waals surface area contributed by atoms with Gasteiger partial charge in [-0.15, -0.1) is 11.6 Å². The molecule has 1 rings (SSSR count). The number of hydrogen-bond donors (Lipinski definition) is 0. The Kier molecular flexibility index (Phi) is 11.6. The number of rotatable bonds is 13. The molecular weight excluding hydrogens is 320 g/mol. The highest BCUT2D eigenvalue weighted by Crippen LogP contribution is 2.44. The molecule has 24 heavy (non-hydrogen) atoms. The molecule has 0 saturated heterocycles. The summed E-state index contributed by atoms with van der Waals surface area (Å²) in [5.74, 6) is 1.36. The zero-order valence-electron chi connectivity index (χ0n) is 16.6. The lowest BCUT2D eigenvalue weighted by molar-refractivity contribution is -0.0759. The van der Waals surface area contributed by atoms with Crippen LogP contribution >= 0.6 is 11.6 Å². The number of halogens is 1. The Morgan fingerprint density at radius 1 is 0.917 bits per heavy atom. The maximum atomic E-state index is 6.37. The van der Waals surface area contributed by atoms with Crippen LogP contribution in [-0.4, -0.2) is 31.8 Å². The van der Waals surface area contributed by atoms with Gasteiger partial charge in [0.25, 0.3) is 0 Å². The van der Waals surface area contributed by atoms with E-state index in [0.717, 1.165) is 52.1 Å². The number of alkyl halides is 1. The maximum absolute atomic E-state index is 6.37. The Morgan fingerprint density at radius 3 is 1.83 bits per heavy atom. The second-order valence-corrected chi connectivity index (χ2v) is 8.84. The molecule has 1 aliphatic rings. The molecule has 0 radical (unpaired) electrons. The van der Waals surface area contributed by atoms with Crippen LogP contribution in [0.1, 0.15) is 85.5 Å². The van der Waals surface area contributed by atoms with Gasteiger partial charge in [0.1, 0.15) is 0 Å². The van der Waals surface area contributed by atoms with Crippen LogP contribution in [0.3, 0.4) is 0 Å². The largest absolute Gasteiger partial charge is 0.381 e. The van der Waals surface area contributed by atoms with E-state index < -0.39 is 0 Å². The van der Waals surface area contributed by atoms with Gasteiger partial charge < -0.3 is 9.47 Å². The third kappa shape index (κ3) is 8.06. The molecule has 0 spiro atoms. The van der Waals surface area contributed by atoms with Crippen LogP contribution in [0.5, 0.6) is 0 Å². The fourth-order valence-corrected chi connectivity index (χ4v) is 4.34. The molecule has 0 atom stereocenters. The molecule has 0 unspecified atom stereocenters. The lowest BCUT2D eigenvalue weighted by Crippen LogP contribution is -2.43. The molecule has 0 aromatic heterocycles. The molecule has 144 valence electrons. The summed E-state index contributed by atoms with van der Waals surface area (Å²) in [7, 11) is 0. The molecule has 2 nitrogen and oxygen atoms in total. The molecule has 3 heteroatoms. The molecular formula is C21H41ClO2. The van der Waals surface area contributed by atoms with E-state index in [9.17, 15) is 0 Å². The Hall–Kier alpha value is 0.210. The van der Waals surface area contributed by atoms with Crippen LogP contribution in [0.25, 0.3) is 0 Å². The van der Waals surface area contributed by atoms with Crippen molar-refractivity contribution in [3.05, 3.63) is 0 Å². The quantitative estimate of drug-likeness (QED) is 0.277. The van der Waals surface area contributed by atoms with Crippen molar-refractivity contribution in [2.75, 3.05) is 26.4 Å². The number of unbranched alkanes of at least 4 members (excludes halogenated alkanes) is 2. The van der Waals surface area contributed by atoms with Crippen molar-refractivity contribution in [1.29, 1.82) is 0 Å². The third-order valence-electron chi connectivity index (χ3n) is 5.40. The standard InChI is InChI=1S/C21H41ClO2/c1-5-7-13-23-16-21(15-18(3)4,17-24-14-8-6-2)19-9-11-20(22)12-10-19/h18-20H,5-17H2,1-4H3. The van der Waals surface area contributed by atoms with Gasteiger partial charge in [-0.3, -0.25) is 0 Å². The van der Waals surface area contributed by atoms with Gasteiger partial charge >= 0.3 is 0 Å². The van der Waals surface area contributed by atoms with Crippen LogP contribution in [0.2, 0.25) is 0 Å². The fraction of sp³-hybridized carbons (Fsp3) is 1.00. The molecule has 0 amide bonds. The monoisotopic (exact) mass is 360 g/mol. The van der Waals surface area contributed by atoms with Gasteiger partial charge in [-0.25, -0.2) is 0 Å². The van der Waals surface area contributed by atoms with Crippen molar-refractivity contribution >= 4 is 11.6 Å². The SMILES string of the molecule is CCCCOCC(COCCCC)(CC(C)C)C1CCC(Cl)CC1. The van der Waals surface area contributed by atoms with Gasteiger partial charge in [0.05, 0.1) is 13.2 Å². The van der Waals surface area contributed by atoms with E-state index in [0.29, 0.717) is 17.2 Å². The predicted octanol–water partition coefficient (Wildman–Crippen LogP) is 6.45. The summed E-state index contributed by atoms with van der Waals surface area (Å²) in [4.78, 5) is 0. The molecule has 0 N–H and O–H groups in total. The maximum Gasteiger partial charge on any atom is 0.0547 e. The van der Waals surface area contributed by atoms with Crippen molar-refractivity contribution in [2.24, 2.45) is 17.3 Å². The summed E-state index contributed by atoms with van der Waals surface area (Å²) in [5, 5.41) is 0.375. The fourth-order valence-electron chi connectivity index (χ4n) is 4.08. The Morgan fingerprint density at radius 2 is 1.42 bits per heavy atom. The van der Waals surface area contributed by atoms with Crippen LogP contribution in [0, 0.1) is 17.3 Å². The minimum Gasteiger partial charge on any atom is -0.381 e. The van der Waals surface area contributed by atoms with Crippen LogP contribution in [-0.2, 0) is 9.47 Å². The summed E-state index contributed by atoms with van der Waals surface area (Å²) in [6.07, 6.45) is 10.7. The average Bonchev–Trinajstić information content (AvgIpc) is 2.55. The highest BCUT2D eigenvalue weighted by Gasteiger charge is 2.41. The predicted molar refractivity (Wildman–Crippen MR) is 105 cm³/mol. The van der Waals surface area contributed by atoms with Gasteiger partial charge in [0, 0.05) is 24.0 Å².